The quantitative estimate of drug-likeness (QED) is 0.683. The maximum atomic E-state index is 10.9. The van der Waals surface area contributed by atoms with E-state index >= 15 is 0 Å². The van der Waals surface area contributed by atoms with Crippen molar-refractivity contribution >= 4 is 5.69 Å². The van der Waals surface area contributed by atoms with Crippen molar-refractivity contribution in [1.29, 1.82) is 0 Å². The largest absolute Gasteiger partial charge is 0.508 e. The second-order valence-corrected chi connectivity index (χ2v) is 2.41. The Bertz CT molecular complexity index is 309. The van der Waals surface area contributed by atoms with Crippen molar-refractivity contribution in [2.75, 3.05) is 7.11 Å². The van der Waals surface area contributed by atoms with Crippen LogP contribution in [0.5, 0.6) is 5.75 Å². The Morgan fingerprint density at radius 1 is 1.50 bits per heavy atom. The maximum absolute atomic E-state index is 10.9. The molecule has 0 radical (unpaired) electrons. The van der Waals surface area contributed by atoms with E-state index in [0.717, 1.165) is 0 Å². The number of aryl methyl sites for hydroxylation is 1. The van der Waals surface area contributed by atoms with Gasteiger partial charge in [-0.1, -0.05) is 0 Å². The molecule has 4 heteroatoms. The van der Waals surface area contributed by atoms with E-state index < -0.39 is 0 Å². The van der Waals surface area contributed by atoms with Gasteiger partial charge in [-0.05, 0) is 18.6 Å². The van der Waals surface area contributed by atoms with Gasteiger partial charge in [-0.25, -0.2) is 4.84 Å². The lowest BCUT2D eigenvalue weighted by molar-refractivity contribution is -0.736. The summed E-state index contributed by atoms with van der Waals surface area (Å²) in [5, 5.41) is 9.14. The third-order valence-electron chi connectivity index (χ3n) is 1.56. The molecule has 0 saturated heterocycles. The summed E-state index contributed by atoms with van der Waals surface area (Å²) in [6.07, 6.45) is 0. The van der Waals surface area contributed by atoms with Crippen molar-refractivity contribution in [2.45, 2.75) is 6.92 Å². The van der Waals surface area contributed by atoms with Crippen molar-refractivity contribution < 1.29 is 14.9 Å². The minimum absolute atomic E-state index is 0.170. The van der Waals surface area contributed by atoms with Gasteiger partial charge in [0.15, 0.2) is 7.11 Å². The zero-order chi connectivity index (χ0) is 9.14. The number of rotatable bonds is 2. The Kier molecular flexibility index (Phi) is 2.28. The minimum atomic E-state index is 0.170. The van der Waals surface area contributed by atoms with Gasteiger partial charge in [0.05, 0.1) is 4.91 Å². The first-order chi connectivity index (χ1) is 5.65. The molecule has 64 valence electrons. The van der Waals surface area contributed by atoms with E-state index in [1.807, 2.05) is 0 Å². The van der Waals surface area contributed by atoms with Gasteiger partial charge in [0.1, 0.15) is 5.75 Å². The monoisotopic (exact) mass is 168 g/mol. The summed E-state index contributed by atoms with van der Waals surface area (Å²) in [4.78, 5) is 15.7. The molecule has 0 aliphatic carbocycles. The summed E-state index contributed by atoms with van der Waals surface area (Å²) in [6, 6.07) is 4.49. The molecule has 0 aromatic heterocycles. The fourth-order valence-electron chi connectivity index (χ4n) is 0.859. The summed E-state index contributed by atoms with van der Waals surface area (Å²) in [5.41, 5.74) is 1.01. The third-order valence-corrected chi connectivity index (χ3v) is 1.56. The molecule has 0 heterocycles. The van der Waals surface area contributed by atoms with Gasteiger partial charge < -0.3 is 5.11 Å². The molecule has 0 amide bonds. The molecule has 0 fully saturated rings. The van der Waals surface area contributed by atoms with Crippen LogP contribution in [0.3, 0.4) is 0 Å². The maximum Gasteiger partial charge on any atom is 0.317 e. The standard InChI is InChI=1S/C8H9NO3/c1-6-5-7(9(11)12-2)3-4-8(6)10/h3-5H,1-2H3/p+1. The van der Waals surface area contributed by atoms with Crippen LogP contribution in [0.4, 0.5) is 5.69 Å². The molecule has 0 saturated carbocycles. The molecule has 0 atom stereocenters. The van der Waals surface area contributed by atoms with Gasteiger partial charge in [0, 0.05) is 12.1 Å². The summed E-state index contributed by atoms with van der Waals surface area (Å²) >= 11 is 0. The average Bonchev–Trinajstić information content (AvgIpc) is 2.08. The number of phenols is 1. The number of phenolic OH excluding ortho intramolecular Hbond substituents is 1. The zero-order valence-electron chi connectivity index (χ0n) is 6.94. The smallest absolute Gasteiger partial charge is 0.317 e. The first kappa shape index (κ1) is 8.52. The summed E-state index contributed by atoms with van der Waals surface area (Å²) in [6.45, 7) is 1.71. The molecular formula is C8H10NO3+. The highest BCUT2D eigenvalue weighted by Gasteiger charge is 2.14. The molecule has 1 rings (SSSR count). The number of nitrogens with zero attached hydrogens (tertiary/aromatic N) is 1. The first-order valence-corrected chi connectivity index (χ1v) is 3.46. The topological polar surface area (TPSA) is 49.5 Å². The van der Waals surface area contributed by atoms with Crippen LogP contribution in [-0.2, 0) is 4.84 Å². The van der Waals surface area contributed by atoms with Crippen LogP contribution in [0, 0.1) is 11.8 Å². The fraction of sp³-hybridized carbons (Fsp3) is 0.250. The Hall–Kier alpha value is -1.58. The van der Waals surface area contributed by atoms with Crippen LogP contribution >= 0.6 is 0 Å². The first-order valence-electron chi connectivity index (χ1n) is 3.46. The number of hydrogen-bond donors (Lipinski definition) is 1. The highest BCUT2D eigenvalue weighted by atomic mass is 16.8. The van der Waals surface area contributed by atoms with E-state index in [1.165, 1.54) is 19.2 Å². The average molecular weight is 168 g/mol. The molecule has 1 N–H and O–H groups in total. The SMILES string of the molecule is CO[N+](=O)c1ccc(O)c(C)c1. The van der Waals surface area contributed by atoms with E-state index in [9.17, 15) is 4.91 Å². The molecule has 0 bridgehead atoms. The zero-order valence-corrected chi connectivity index (χ0v) is 6.94. The summed E-state index contributed by atoms with van der Waals surface area (Å²) in [5.74, 6) is 0.170. The van der Waals surface area contributed by atoms with Gasteiger partial charge >= 0.3 is 5.69 Å². The van der Waals surface area contributed by atoms with Crippen LogP contribution < -0.4 is 0 Å². The van der Waals surface area contributed by atoms with Crippen molar-refractivity contribution in [3.63, 3.8) is 0 Å². The van der Waals surface area contributed by atoms with E-state index in [0.29, 0.717) is 16.2 Å². The predicted octanol–water partition coefficient (Wildman–Crippen LogP) is 1.67. The highest BCUT2D eigenvalue weighted by Crippen LogP contribution is 2.21. The van der Waals surface area contributed by atoms with E-state index in [4.69, 9.17) is 5.11 Å². The van der Waals surface area contributed by atoms with Crippen molar-refractivity contribution in [1.82, 2.24) is 0 Å². The second-order valence-electron chi connectivity index (χ2n) is 2.41. The van der Waals surface area contributed by atoms with Crippen molar-refractivity contribution in [3.05, 3.63) is 28.7 Å². The summed E-state index contributed by atoms with van der Waals surface area (Å²) < 4.78 is 0. The molecule has 0 aliphatic rings. The molecule has 1 aromatic rings. The van der Waals surface area contributed by atoms with Gasteiger partial charge in [0.25, 0.3) is 4.92 Å². The predicted molar refractivity (Wildman–Crippen MR) is 43.1 cm³/mol. The number of benzene rings is 1. The minimum Gasteiger partial charge on any atom is -0.508 e. The van der Waals surface area contributed by atoms with Crippen LogP contribution in [0.2, 0.25) is 0 Å². The lowest BCUT2D eigenvalue weighted by Crippen LogP contribution is -1.97. The van der Waals surface area contributed by atoms with Crippen LogP contribution in [0.15, 0.2) is 18.2 Å². The van der Waals surface area contributed by atoms with E-state index in [2.05, 4.69) is 4.84 Å². The van der Waals surface area contributed by atoms with E-state index in [1.54, 1.807) is 13.0 Å². The highest BCUT2D eigenvalue weighted by molar-refractivity contribution is 5.41. The summed E-state index contributed by atoms with van der Waals surface area (Å²) in [7, 11) is 1.29. The lowest BCUT2D eigenvalue weighted by Gasteiger charge is -1.95. The number of hydrogen-bond acceptors (Lipinski definition) is 3. The van der Waals surface area contributed by atoms with Crippen molar-refractivity contribution in [2.24, 2.45) is 0 Å². The van der Waals surface area contributed by atoms with Crippen LogP contribution in [-0.4, -0.2) is 17.1 Å². The Morgan fingerprint density at radius 2 is 2.17 bits per heavy atom. The third kappa shape index (κ3) is 1.53. The molecule has 1 aromatic carbocycles. The Labute approximate surface area is 69.9 Å². The van der Waals surface area contributed by atoms with E-state index in [-0.39, 0.29) is 5.75 Å². The van der Waals surface area contributed by atoms with Crippen LogP contribution in [0.1, 0.15) is 5.56 Å². The molecule has 0 unspecified atom stereocenters. The van der Waals surface area contributed by atoms with Gasteiger partial charge in [-0.3, -0.25) is 0 Å². The molecular weight excluding hydrogens is 158 g/mol. The van der Waals surface area contributed by atoms with Crippen molar-refractivity contribution in [3.8, 4) is 5.75 Å². The fourth-order valence-corrected chi connectivity index (χ4v) is 0.859. The lowest BCUT2D eigenvalue weighted by atomic mass is 10.2. The molecule has 4 nitrogen and oxygen atoms in total. The Balaban J connectivity index is 3.05. The van der Waals surface area contributed by atoms with Gasteiger partial charge in [0.2, 0.25) is 0 Å². The Morgan fingerprint density at radius 3 is 2.67 bits per heavy atom. The number of aromatic hydroxyl groups is 1. The van der Waals surface area contributed by atoms with Gasteiger partial charge in [-0.15, -0.1) is 0 Å². The second kappa shape index (κ2) is 3.21. The molecule has 0 spiro atoms. The van der Waals surface area contributed by atoms with Gasteiger partial charge in [-0.2, -0.15) is 0 Å². The molecule has 0 aliphatic heterocycles. The normalized spacial score (nSPS) is 9.50. The van der Waals surface area contributed by atoms with Crippen LogP contribution in [0.25, 0.3) is 0 Å². The molecule has 12 heavy (non-hydrogen) atoms.